The summed E-state index contributed by atoms with van der Waals surface area (Å²) < 4.78 is 1.81. The SMILES string of the molecule is Cn1cccc1C(=O)NCc1ccc(Cl)c(CC2=Nc3cc(N4CCCC4)ccc3C2)c1. The molecule has 2 aliphatic heterocycles. The summed E-state index contributed by atoms with van der Waals surface area (Å²) in [5.41, 5.74) is 7.50. The molecule has 0 bridgehead atoms. The Kier molecular flexibility index (Phi) is 5.75. The van der Waals surface area contributed by atoms with Crippen molar-refractivity contribution in [2.24, 2.45) is 12.0 Å². The Morgan fingerprint density at radius 3 is 2.75 bits per heavy atom. The molecule has 0 atom stereocenters. The first-order valence-electron chi connectivity index (χ1n) is 11.2. The molecule has 0 aliphatic carbocycles. The molecule has 1 fully saturated rings. The van der Waals surface area contributed by atoms with Gasteiger partial charge in [0.15, 0.2) is 0 Å². The summed E-state index contributed by atoms with van der Waals surface area (Å²) in [6.45, 7) is 2.73. The fourth-order valence-electron chi connectivity index (χ4n) is 4.57. The number of anilines is 1. The lowest BCUT2D eigenvalue weighted by Gasteiger charge is -2.17. The lowest BCUT2D eigenvalue weighted by atomic mass is 10.0. The highest BCUT2D eigenvalue weighted by atomic mass is 35.5. The molecule has 1 amide bonds. The number of carbonyl (C=O) groups excluding carboxylic acids is 1. The molecular weight excluding hydrogens is 420 g/mol. The highest BCUT2D eigenvalue weighted by Crippen LogP contribution is 2.33. The van der Waals surface area contributed by atoms with Crippen LogP contribution in [0, 0.1) is 0 Å². The molecule has 164 valence electrons. The molecule has 3 heterocycles. The zero-order valence-electron chi connectivity index (χ0n) is 18.3. The van der Waals surface area contributed by atoms with Crippen molar-refractivity contribution in [3.05, 3.63) is 82.1 Å². The number of rotatable bonds is 6. The molecule has 5 rings (SSSR count). The maximum Gasteiger partial charge on any atom is 0.268 e. The molecule has 2 aliphatic rings. The summed E-state index contributed by atoms with van der Waals surface area (Å²) in [4.78, 5) is 19.8. The van der Waals surface area contributed by atoms with Crippen LogP contribution >= 0.6 is 11.6 Å². The number of nitrogens with zero attached hydrogens (tertiary/aromatic N) is 3. The molecule has 0 saturated carbocycles. The van der Waals surface area contributed by atoms with Gasteiger partial charge < -0.3 is 14.8 Å². The fourth-order valence-corrected chi connectivity index (χ4v) is 4.76. The number of aliphatic imine (C=N–C) groups is 1. The minimum absolute atomic E-state index is 0.0848. The first-order chi connectivity index (χ1) is 15.6. The van der Waals surface area contributed by atoms with Gasteiger partial charge in [-0.1, -0.05) is 29.8 Å². The molecule has 0 unspecified atom stereocenters. The van der Waals surface area contributed by atoms with Crippen LogP contribution in [0.4, 0.5) is 11.4 Å². The van der Waals surface area contributed by atoms with Crippen LogP contribution in [0.1, 0.15) is 40.0 Å². The minimum Gasteiger partial charge on any atom is -0.371 e. The third-order valence-electron chi connectivity index (χ3n) is 6.35. The molecule has 1 N–H and O–H groups in total. The van der Waals surface area contributed by atoms with Crippen LogP contribution in [-0.2, 0) is 26.4 Å². The van der Waals surface area contributed by atoms with Crippen molar-refractivity contribution in [2.75, 3.05) is 18.0 Å². The van der Waals surface area contributed by atoms with Gasteiger partial charge in [0.25, 0.3) is 5.91 Å². The lowest BCUT2D eigenvalue weighted by Crippen LogP contribution is -2.24. The Morgan fingerprint density at radius 2 is 1.97 bits per heavy atom. The molecule has 3 aromatic rings. The average molecular weight is 447 g/mol. The maximum absolute atomic E-state index is 12.4. The fraction of sp³-hybridized carbons (Fsp3) is 0.308. The summed E-state index contributed by atoms with van der Waals surface area (Å²) >= 11 is 6.51. The number of hydrogen-bond acceptors (Lipinski definition) is 3. The van der Waals surface area contributed by atoms with E-state index in [9.17, 15) is 4.79 Å². The van der Waals surface area contributed by atoms with Crippen LogP contribution < -0.4 is 10.2 Å². The molecule has 5 nitrogen and oxygen atoms in total. The number of halogens is 1. The van der Waals surface area contributed by atoms with E-state index < -0.39 is 0 Å². The number of amides is 1. The molecule has 6 heteroatoms. The average Bonchev–Trinajstić information content (AvgIpc) is 3.54. The topological polar surface area (TPSA) is 49.6 Å². The smallest absolute Gasteiger partial charge is 0.268 e. The van der Waals surface area contributed by atoms with Crippen molar-refractivity contribution in [3.8, 4) is 0 Å². The third kappa shape index (κ3) is 4.30. The Hall–Kier alpha value is -3.05. The second-order valence-corrected chi connectivity index (χ2v) is 9.06. The van der Waals surface area contributed by atoms with Crippen LogP contribution in [0.2, 0.25) is 5.02 Å². The highest BCUT2D eigenvalue weighted by molar-refractivity contribution is 6.31. The normalized spacial score (nSPS) is 15.1. The van der Waals surface area contributed by atoms with Crippen molar-refractivity contribution in [3.63, 3.8) is 0 Å². The number of aromatic nitrogens is 1. The van der Waals surface area contributed by atoms with Crippen LogP contribution in [0.25, 0.3) is 0 Å². The second kappa shape index (κ2) is 8.83. The molecule has 0 radical (unpaired) electrons. The van der Waals surface area contributed by atoms with E-state index >= 15 is 0 Å². The van der Waals surface area contributed by atoms with E-state index in [1.807, 2.05) is 42.1 Å². The monoisotopic (exact) mass is 446 g/mol. The summed E-state index contributed by atoms with van der Waals surface area (Å²) in [5.74, 6) is -0.0848. The van der Waals surface area contributed by atoms with Crippen molar-refractivity contribution in [1.82, 2.24) is 9.88 Å². The van der Waals surface area contributed by atoms with Crippen LogP contribution in [0.5, 0.6) is 0 Å². The van der Waals surface area contributed by atoms with Gasteiger partial charge >= 0.3 is 0 Å². The Balaban J connectivity index is 1.27. The number of nitrogens with one attached hydrogen (secondary N) is 1. The van der Waals surface area contributed by atoms with Crippen molar-refractivity contribution in [2.45, 2.75) is 32.2 Å². The molecule has 32 heavy (non-hydrogen) atoms. The van der Waals surface area contributed by atoms with Crippen LogP contribution in [-0.4, -0.2) is 29.3 Å². The predicted molar refractivity (Wildman–Crippen MR) is 130 cm³/mol. The molecule has 1 aromatic heterocycles. The standard InChI is InChI=1S/C26H27ClN4O/c1-30-10-4-5-25(30)26(32)28-17-18-6-9-23(27)20(13-18)15-21-14-19-7-8-22(16-24(19)29-21)31-11-2-3-12-31/h4-10,13,16H,2-3,11-12,14-15,17H2,1H3,(H,28,32). The molecular formula is C26H27ClN4O. The Morgan fingerprint density at radius 1 is 1.12 bits per heavy atom. The number of fused-ring (bicyclic) bond motifs is 1. The van der Waals surface area contributed by atoms with E-state index in [0.29, 0.717) is 18.7 Å². The maximum atomic E-state index is 12.4. The van der Waals surface area contributed by atoms with E-state index in [2.05, 4.69) is 34.5 Å². The quantitative estimate of drug-likeness (QED) is 0.574. The van der Waals surface area contributed by atoms with Gasteiger partial charge in [-0.05, 0) is 59.9 Å². The number of carbonyl (C=O) groups is 1. The summed E-state index contributed by atoms with van der Waals surface area (Å²) in [5, 5.41) is 3.73. The number of aryl methyl sites for hydroxylation is 1. The van der Waals surface area contributed by atoms with Gasteiger partial charge in [-0.25, -0.2) is 0 Å². The molecule has 1 saturated heterocycles. The van der Waals surface area contributed by atoms with Crippen molar-refractivity contribution >= 4 is 34.6 Å². The number of hydrogen-bond donors (Lipinski definition) is 1. The zero-order chi connectivity index (χ0) is 22.1. The van der Waals surface area contributed by atoms with Gasteiger partial charge in [0.2, 0.25) is 0 Å². The van der Waals surface area contributed by atoms with E-state index in [1.165, 1.54) is 24.1 Å². The summed E-state index contributed by atoms with van der Waals surface area (Å²) in [6.07, 6.45) is 5.98. The highest BCUT2D eigenvalue weighted by Gasteiger charge is 2.19. The van der Waals surface area contributed by atoms with Gasteiger partial charge in [0, 0.05) is 62.1 Å². The zero-order valence-corrected chi connectivity index (χ0v) is 19.0. The van der Waals surface area contributed by atoms with Gasteiger partial charge in [0.05, 0.1) is 5.69 Å². The van der Waals surface area contributed by atoms with Crippen LogP contribution in [0.3, 0.4) is 0 Å². The van der Waals surface area contributed by atoms with Crippen LogP contribution in [0.15, 0.2) is 59.7 Å². The molecule has 2 aromatic carbocycles. The van der Waals surface area contributed by atoms with Gasteiger partial charge in [-0.3, -0.25) is 9.79 Å². The van der Waals surface area contributed by atoms with Gasteiger partial charge in [-0.15, -0.1) is 0 Å². The van der Waals surface area contributed by atoms with E-state index in [4.69, 9.17) is 16.6 Å². The third-order valence-corrected chi connectivity index (χ3v) is 6.72. The Bertz CT molecular complexity index is 1190. The van der Waals surface area contributed by atoms with Crippen molar-refractivity contribution in [1.29, 1.82) is 0 Å². The summed E-state index contributed by atoms with van der Waals surface area (Å²) in [6, 6.07) is 16.3. The first kappa shape index (κ1) is 20.8. The summed E-state index contributed by atoms with van der Waals surface area (Å²) in [7, 11) is 1.86. The van der Waals surface area contributed by atoms with E-state index in [1.54, 1.807) is 0 Å². The first-order valence-corrected chi connectivity index (χ1v) is 11.6. The molecule has 0 spiro atoms. The Labute approximate surface area is 193 Å². The predicted octanol–water partition coefficient (Wildman–Crippen LogP) is 5.08. The largest absolute Gasteiger partial charge is 0.371 e. The van der Waals surface area contributed by atoms with Gasteiger partial charge in [0.1, 0.15) is 5.69 Å². The number of benzene rings is 2. The van der Waals surface area contributed by atoms with Gasteiger partial charge in [-0.2, -0.15) is 0 Å². The van der Waals surface area contributed by atoms with E-state index in [0.717, 1.165) is 47.1 Å². The minimum atomic E-state index is -0.0848. The second-order valence-electron chi connectivity index (χ2n) is 8.65. The van der Waals surface area contributed by atoms with E-state index in [-0.39, 0.29) is 5.91 Å². The van der Waals surface area contributed by atoms with Crippen molar-refractivity contribution < 1.29 is 4.79 Å². The lowest BCUT2D eigenvalue weighted by molar-refractivity contribution is 0.0943.